The van der Waals surface area contributed by atoms with Crippen molar-refractivity contribution >= 4 is 28.6 Å². The molecule has 2 aromatic heterocycles. The van der Waals surface area contributed by atoms with E-state index in [1.807, 2.05) is 0 Å². The van der Waals surface area contributed by atoms with E-state index in [9.17, 15) is 13.6 Å². The van der Waals surface area contributed by atoms with Crippen LogP contribution in [0.2, 0.25) is 0 Å². The maximum atomic E-state index is 15.1. The van der Waals surface area contributed by atoms with Crippen molar-refractivity contribution in [1.82, 2.24) is 19.9 Å². The minimum absolute atomic E-state index is 0.0440. The van der Waals surface area contributed by atoms with Crippen molar-refractivity contribution in [3.8, 4) is 11.1 Å². The van der Waals surface area contributed by atoms with Gasteiger partial charge in [0.25, 0.3) is 0 Å². The molecule has 1 aliphatic heterocycles. The Balaban J connectivity index is 1.50. The van der Waals surface area contributed by atoms with Crippen LogP contribution in [0, 0.1) is 17.5 Å². The van der Waals surface area contributed by atoms with E-state index in [-0.39, 0.29) is 23.5 Å². The Morgan fingerprint density at radius 2 is 1.91 bits per heavy atom. The van der Waals surface area contributed by atoms with Gasteiger partial charge in [-0.2, -0.15) is 0 Å². The number of nitrogens with two attached hydrogens (primary N) is 1. The van der Waals surface area contributed by atoms with Gasteiger partial charge in [-0.05, 0) is 24.3 Å². The number of amides is 2. The van der Waals surface area contributed by atoms with Crippen LogP contribution in [0.1, 0.15) is 11.6 Å². The molecule has 7 nitrogen and oxygen atoms in total. The Hall–Kier alpha value is -4.08. The smallest absolute Gasteiger partial charge is 0.324 e. The van der Waals surface area contributed by atoms with Crippen molar-refractivity contribution in [1.29, 1.82) is 0 Å². The van der Waals surface area contributed by atoms with Gasteiger partial charge in [0.15, 0.2) is 11.6 Å². The summed E-state index contributed by atoms with van der Waals surface area (Å²) in [4.78, 5) is 26.4. The van der Waals surface area contributed by atoms with Crippen LogP contribution in [0.4, 0.5) is 29.5 Å². The Kier molecular flexibility index (Phi) is 4.50. The van der Waals surface area contributed by atoms with Crippen LogP contribution in [0.25, 0.3) is 22.2 Å². The highest BCUT2D eigenvalue weighted by molar-refractivity contribution is 6.01. The van der Waals surface area contributed by atoms with Crippen molar-refractivity contribution in [3.05, 3.63) is 71.9 Å². The van der Waals surface area contributed by atoms with Crippen LogP contribution in [0.15, 0.2) is 48.9 Å². The number of fused-ring (bicyclic) bond motifs is 1. The van der Waals surface area contributed by atoms with Gasteiger partial charge in [0.05, 0.1) is 18.0 Å². The topological polar surface area (TPSA) is 91.1 Å². The molecule has 3 heterocycles. The van der Waals surface area contributed by atoms with E-state index in [4.69, 9.17) is 5.73 Å². The number of aromatic nitrogens is 3. The molecule has 4 aromatic rings. The fourth-order valence-electron chi connectivity index (χ4n) is 4.09. The van der Waals surface area contributed by atoms with Crippen molar-refractivity contribution < 1.29 is 18.0 Å². The largest absolute Gasteiger partial charge is 0.383 e. The molecule has 1 saturated heterocycles. The number of halogens is 3. The number of nitrogens with one attached hydrogen (secondary N) is 1. The van der Waals surface area contributed by atoms with Gasteiger partial charge in [-0.15, -0.1) is 0 Å². The number of benzene rings is 2. The number of hydrogen-bond acceptors (Lipinski definition) is 4. The van der Waals surface area contributed by atoms with E-state index in [1.165, 1.54) is 47.4 Å². The van der Waals surface area contributed by atoms with Gasteiger partial charge in [0.1, 0.15) is 23.6 Å². The highest BCUT2D eigenvalue weighted by Gasteiger charge is 2.38. The number of carbonyl (C=O) groups is 1. The van der Waals surface area contributed by atoms with Crippen LogP contribution in [0.5, 0.6) is 0 Å². The Labute approximate surface area is 180 Å². The lowest BCUT2D eigenvalue weighted by Crippen LogP contribution is -2.29. The summed E-state index contributed by atoms with van der Waals surface area (Å²) in [5.41, 5.74) is 7.53. The number of hydrogen-bond donors (Lipinski definition) is 2. The second-order valence-corrected chi connectivity index (χ2v) is 7.51. The number of nitrogen functional groups attached to an aromatic ring is 1. The molecule has 0 spiro atoms. The number of aromatic amines is 1. The lowest BCUT2D eigenvalue weighted by atomic mass is 10.0. The first kappa shape index (κ1) is 19.9. The summed E-state index contributed by atoms with van der Waals surface area (Å²) >= 11 is 0. The van der Waals surface area contributed by atoms with Gasteiger partial charge in [-0.25, -0.2) is 27.9 Å². The molecule has 2 aromatic carbocycles. The predicted molar refractivity (Wildman–Crippen MR) is 113 cm³/mol. The molecule has 0 radical (unpaired) electrons. The van der Waals surface area contributed by atoms with Crippen molar-refractivity contribution in [3.63, 3.8) is 0 Å². The normalized spacial score (nSPS) is 16.4. The van der Waals surface area contributed by atoms with Crippen molar-refractivity contribution in [2.24, 2.45) is 0 Å². The number of urea groups is 1. The van der Waals surface area contributed by atoms with E-state index in [2.05, 4.69) is 15.0 Å². The first-order valence-electron chi connectivity index (χ1n) is 9.72. The zero-order chi connectivity index (χ0) is 22.6. The zero-order valence-corrected chi connectivity index (χ0v) is 16.8. The number of H-pyrrole nitrogens is 1. The summed E-state index contributed by atoms with van der Waals surface area (Å²) < 4.78 is 43.1. The number of nitrogens with zero attached hydrogens (tertiary/aromatic N) is 4. The first-order chi connectivity index (χ1) is 15.4. The Morgan fingerprint density at radius 3 is 2.69 bits per heavy atom. The predicted octanol–water partition coefficient (Wildman–Crippen LogP) is 4.24. The molecule has 1 atom stereocenters. The molecule has 10 heteroatoms. The van der Waals surface area contributed by atoms with Crippen LogP contribution < -0.4 is 10.6 Å². The van der Waals surface area contributed by atoms with E-state index in [0.29, 0.717) is 22.3 Å². The summed E-state index contributed by atoms with van der Waals surface area (Å²) in [6.07, 6.45) is 2.90. The van der Waals surface area contributed by atoms with E-state index < -0.39 is 29.5 Å². The molecule has 0 aliphatic carbocycles. The average Bonchev–Trinajstić information content (AvgIpc) is 3.33. The third-order valence-electron chi connectivity index (χ3n) is 5.75. The van der Waals surface area contributed by atoms with Gasteiger partial charge in [-0.3, -0.25) is 4.90 Å². The first-order valence-corrected chi connectivity index (χ1v) is 9.72. The third kappa shape index (κ3) is 2.95. The van der Waals surface area contributed by atoms with Crippen molar-refractivity contribution in [2.75, 3.05) is 24.2 Å². The maximum absolute atomic E-state index is 15.1. The average molecular weight is 438 g/mol. The molecule has 5 rings (SSSR count). The summed E-state index contributed by atoms with van der Waals surface area (Å²) in [5.74, 6) is -2.35. The Morgan fingerprint density at radius 1 is 1.09 bits per heavy atom. The molecule has 1 aliphatic rings. The van der Waals surface area contributed by atoms with Gasteiger partial charge in [0.2, 0.25) is 0 Å². The van der Waals surface area contributed by atoms with Crippen LogP contribution in [-0.2, 0) is 0 Å². The van der Waals surface area contributed by atoms with Crippen LogP contribution in [0.3, 0.4) is 0 Å². The van der Waals surface area contributed by atoms with E-state index >= 15 is 4.39 Å². The highest BCUT2D eigenvalue weighted by atomic mass is 19.2. The molecule has 32 heavy (non-hydrogen) atoms. The number of likely N-dealkylation sites (N-methyl/N-ethyl adjacent to an activating group) is 1. The molecule has 1 fully saturated rings. The summed E-state index contributed by atoms with van der Waals surface area (Å²) in [7, 11) is 1.50. The fourth-order valence-corrected chi connectivity index (χ4v) is 4.09. The summed E-state index contributed by atoms with van der Waals surface area (Å²) in [5, 5.41) is 0.498. The highest BCUT2D eigenvalue weighted by Crippen LogP contribution is 2.37. The van der Waals surface area contributed by atoms with E-state index in [0.717, 1.165) is 6.07 Å². The quantitative estimate of drug-likeness (QED) is 0.501. The third-order valence-corrected chi connectivity index (χ3v) is 5.75. The SMILES string of the molecule is CN1C(=O)N(c2ccc(-c3c[nH]c4ncnc(N)c34)c(F)c2)CC1c1cccc(F)c1F. The Bertz CT molecular complexity index is 1370. The summed E-state index contributed by atoms with van der Waals surface area (Å²) in [6.45, 7) is 0.0440. The lowest BCUT2D eigenvalue weighted by Gasteiger charge is -2.18. The molecule has 162 valence electrons. The van der Waals surface area contributed by atoms with Crippen LogP contribution >= 0.6 is 0 Å². The number of rotatable bonds is 3. The standard InChI is InChI=1S/C22H17F3N6O/c1-30-17(13-3-2-4-15(23)19(13)25)9-31(22(30)32)11-5-6-12(16(24)7-11)14-8-27-21-18(14)20(26)28-10-29-21/h2-8,10,17H,9H2,1H3,(H3,26,27,28,29). The van der Waals surface area contributed by atoms with Gasteiger partial charge >= 0.3 is 6.03 Å². The molecule has 3 N–H and O–H groups in total. The molecular formula is C22H17F3N6O. The number of anilines is 2. The number of carbonyl (C=O) groups excluding carboxylic acids is 1. The molecule has 0 bridgehead atoms. The summed E-state index contributed by atoms with van der Waals surface area (Å²) in [6, 6.07) is 7.02. The minimum Gasteiger partial charge on any atom is -0.383 e. The van der Waals surface area contributed by atoms with Gasteiger partial charge < -0.3 is 15.6 Å². The van der Waals surface area contributed by atoms with Gasteiger partial charge in [0, 0.05) is 35.6 Å². The monoisotopic (exact) mass is 438 g/mol. The second kappa shape index (κ2) is 7.26. The molecule has 2 amide bonds. The molecule has 1 unspecified atom stereocenters. The molecular weight excluding hydrogens is 421 g/mol. The zero-order valence-electron chi connectivity index (χ0n) is 16.8. The van der Waals surface area contributed by atoms with Crippen LogP contribution in [-0.4, -0.2) is 39.5 Å². The minimum atomic E-state index is -1.00. The van der Waals surface area contributed by atoms with E-state index in [1.54, 1.807) is 12.3 Å². The fraction of sp³-hybridized carbons (Fsp3) is 0.136. The van der Waals surface area contributed by atoms with Crippen molar-refractivity contribution in [2.45, 2.75) is 6.04 Å². The second-order valence-electron chi connectivity index (χ2n) is 7.51. The maximum Gasteiger partial charge on any atom is 0.324 e. The van der Waals surface area contributed by atoms with Gasteiger partial charge in [-0.1, -0.05) is 12.1 Å². The molecule has 0 saturated carbocycles. The lowest BCUT2D eigenvalue weighted by molar-refractivity contribution is 0.218.